The van der Waals surface area contributed by atoms with Gasteiger partial charge in [-0.25, -0.2) is 18.1 Å². The largest absolute Gasteiger partial charge is 0.398 e. The molecule has 2 rings (SSSR count). The van der Waals surface area contributed by atoms with Gasteiger partial charge in [-0.3, -0.25) is 5.10 Å². The number of hydrogen-bond acceptors (Lipinski definition) is 5. The van der Waals surface area contributed by atoms with E-state index in [9.17, 15) is 8.42 Å². The van der Waals surface area contributed by atoms with Crippen molar-refractivity contribution in [3.8, 4) is 0 Å². The number of H-pyrrole nitrogens is 1. The number of rotatable bonds is 4. The van der Waals surface area contributed by atoms with Crippen molar-refractivity contribution in [1.82, 2.24) is 19.9 Å². The molecule has 0 aliphatic carbocycles. The van der Waals surface area contributed by atoms with Gasteiger partial charge in [0.05, 0.1) is 12.2 Å². The first kappa shape index (κ1) is 13.5. The number of benzene rings is 1. The van der Waals surface area contributed by atoms with E-state index in [4.69, 9.17) is 5.73 Å². The molecule has 8 heteroatoms. The number of nitrogens with one attached hydrogen (secondary N) is 2. The lowest BCUT2D eigenvalue weighted by Gasteiger charge is -2.10. The zero-order valence-corrected chi connectivity index (χ0v) is 11.5. The molecule has 0 aliphatic heterocycles. The minimum atomic E-state index is -3.67. The van der Waals surface area contributed by atoms with E-state index in [0.717, 1.165) is 11.1 Å². The maximum atomic E-state index is 12.2. The normalized spacial score (nSPS) is 11.7. The quantitative estimate of drug-likeness (QED) is 0.705. The first-order valence-corrected chi connectivity index (χ1v) is 7.09. The van der Waals surface area contributed by atoms with Crippen molar-refractivity contribution in [2.24, 2.45) is 0 Å². The molecule has 1 heterocycles. The molecule has 0 aliphatic rings. The van der Waals surface area contributed by atoms with E-state index < -0.39 is 10.0 Å². The van der Waals surface area contributed by atoms with Gasteiger partial charge in [-0.15, -0.1) is 0 Å². The molecule has 0 unspecified atom stereocenters. The summed E-state index contributed by atoms with van der Waals surface area (Å²) in [6.45, 7) is 3.75. The van der Waals surface area contributed by atoms with Crippen molar-refractivity contribution in [3.63, 3.8) is 0 Å². The van der Waals surface area contributed by atoms with Gasteiger partial charge in [0.2, 0.25) is 10.0 Å². The van der Waals surface area contributed by atoms with Crippen molar-refractivity contribution in [2.45, 2.75) is 25.3 Å². The Bertz CT molecular complexity index is 679. The number of aromatic nitrogens is 3. The van der Waals surface area contributed by atoms with Crippen molar-refractivity contribution < 1.29 is 8.42 Å². The zero-order valence-electron chi connectivity index (χ0n) is 10.6. The first-order valence-electron chi connectivity index (χ1n) is 5.61. The van der Waals surface area contributed by atoms with Crippen LogP contribution in [0.15, 0.2) is 23.4 Å². The van der Waals surface area contributed by atoms with Crippen LogP contribution in [0.5, 0.6) is 0 Å². The van der Waals surface area contributed by atoms with E-state index in [0.29, 0.717) is 5.82 Å². The number of nitrogens with two attached hydrogens (primary N) is 1. The van der Waals surface area contributed by atoms with Crippen LogP contribution in [-0.2, 0) is 16.6 Å². The fraction of sp³-hybridized carbons (Fsp3) is 0.273. The maximum absolute atomic E-state index is 12.2. The van der Waals surface area contributed by atoms with Gasteiger partial charge < -0.3 is 5.73 Å². The highest BCUT2D eigenvalue weighted by atomic mass is 32.2. The fourth-order valence-electron chi connectivity index (χ4n) is 1.60. The number of aromatic amines is 1. The average molecular weight is 281 g/mol. The Labute approximate surface area is 111 Å². The first-order chi connectivity index (χ1) is 8.90. The second-order valence-electron chi connectivity index (χ2n) is 4.23. The van der Waals surface area contributed by atoms with Gasteiger partial charge >= 0.3 is 0 Å². The SMILES string of the molecule is Cc1cc(N)c(S(=O)(=O)NCc2ncn[nH]2)cc1C. The minimum absolute atomic E-state index is 0.0364. The van der Waals surface area contributed by atoms with Gasteiger partial charge in [0.1, 0.15) is 17.0 Å². The molecular weight excluding hydrogens is 266 g/mol. The molecule has 0 fully saturated rings. The highest BCUT2D eigenvalue weighted by molar-refractivity contribution is 7.89. The summed E-state index contributed by atoms with van der Waals surface area (Å²) in [5.74, 6) is 0.436. The van der Waals surface area contributed by atoms with Gasteiger partial charge in [-0.1, -0.05) is 0 Å². The molecule has 0 saturated carbocycles. The fourth-order valence-corrected chi connectivity index (χ4v) is 2.79. The smallest absolute Gasteiger partial charge is 0.243 e. The third-order valence-corrected chi connectivity index (χ3v) is 4.27. The molecule has 0 bridgehead atoms. The topological polar surface area (TPSA) is 114 Å². The molecule has 0 radical (unpaired) electrons. The van der Waals surface area contributed by atoms with Crippen LogP contribution < -0.4 is 10.5 Å². The second kappa shape index (κ2) is 4.98. The van der Waals surface area contributed by atoms with Crippen LogP contribution in [-0.4, -0.2) is 23.6 Å². The third kappa shape index (κ3) is 2.91. The van der Waals surface area contributed by atoms with Crippen LogP contribution in [0.25, 0.3) is 0 Å². The lowest BCUT2D eigenvalue weighted by atomic mass is 10.1. The van der Waals surface area contributed by atoms with Crippen LogP contribution in [0.2, 0.25) is 0 Å². The zero-order chi connectivity index (χ0) is 14.0. The van der Waals surface area contributed by atoms with Gasteiger partial charge in [0.15, 0.2) is 0 Å². The monoisotopic (exact) mass is 281 g/mol. The Hall–Kier alpha value is -1.93. The van der Waals surface area contributed by atoms with Crippen LogP contribution >= 0.6 is 0 Å². The van der Waals surface area contributed by atoms with Crippen LogP contribution in [0.1, 0.15) is 17.0 Å². The lowest BCUT2D eigenvalue weighted by Crippen LogP contribution is -2.25. The van der Waals surface area contributed by atoms with E-state index in [1.54, 1.807) is 12.1 Å². The Morgan fingerprint density at radius 3 is 2.63 bits per heavy atom. The van der Waals surface area contributed by atoms with E-state index in [1.165, 1.54) is 6.33 Å². The van der Waals surface area contributed by atoms with Crippen molar-refractivity contribution in [1.29, 1.82) is 0 Å². The number of anilines is 1. The predicted molar refractivity (Wildman–Crippen MR) is 70.7 cm³/mol. The molecule has 0 atom stereocenters. The number of nitrogen functional groups attached to an aromatic ring is 1. The van der Waals surface area contributed by atoms with Crippen molar-refractivity contribution in [3.05, 3.63) is 35.4 Å². The summed E-state index contributed by atoms with van der Waals surface area (Å²) in [5, 5.41) is 6.22. The average Bonchev–Trinajstić information content (AvgIpc) is 2.84. The van der Waals surface area contributed by atoms with Crippen LogP contribution in [0.3, 0.4) is 0 Å². The second-order valence-corrected chi connectivity index (χ2v) is 5.97. The Morgan fingerprint density at radius 2 is 2.00 bits per heavy atom. The highest BCUT2D eigenvalue weighted by Crippen LogP contribution is 2.22. The maximum Gasteiger partial charge on any atom is 0.243 e. The summed E-state index contributed by atoms with van der Waals surface area (Å²) in [6.07, 6.45) is 1.31. The summed E-state index contributed by atoms with van der Waals surface area (Å²) in [6, 6.07) is 3.21. The number of aryl methyl sites for hydroxylation is 2. The molecule has 1 aromatic heterocycles. The number of hydrogen-bond donors (Lipinski definition) is 3. The predicted octanol–water partition coefficient (Wildman–Crippen LogP) is 0.482. The van der Waals surface area contributed by atoms with E-state index >= 15 is 0 Å². The summed E-state index contributed by atoms with van der Waals surface area (Å²) in [7, 11) is -3.67. The van der Waals surface area contributed by atoms with Gasteiger partial charge in [0.25, 0.3) is 0 Å². The van der Waals surface area contributed by atoms with E-state index in [-0.39, 0.29) is 17.1 Å². The molecule has 102 valence electrons. The van der Waals surface area contributed by atoms with Crippen LogP contribution in [0.4, 0.5) is 5.69 Å². The summed E-state index contributed by atoms with van der Waals surface area (Å²) in [4.78, 5) is 3.92. The van der Waals surface area contributed by atoms with E-state index in [2.05, 4.69) is 19.9 Å². The minimum Gasteiger partial charge on any atom is -0.398 e. The standard InChI is InChI=1S/C11H15N5O2S/c1-7-3-9(12)10(4-8(7)2)19(17,18)15-5-11-13-6-14-16-11/h3-4,6,15H,5,12H2,1-2H3,(H,13,14,16). The van der Waals surface area contributed by atoms with Gasteiger partial charge in [-0.05, 0) is 37.1 Å². The van der Waals surface area contributed by atoms with Gasteiger partial charge in [-0.2, -0.15) is 5.10 Å². The molecule has 4 N–H and O–H groups in total. The molecule has 19 heavy (non-hydrogen) atoms. The Balaban J connectivity index is 2.27. The van der Waals surface area contributed by atoms with Crippen molar-refractivity contribution >= 4 is 15.7 Å². The van der Waals surface area contributed by atoms with Crippen molar-refractivity contribution in [2.75, 3.05) is 5.73 Å². The molecule has 7 nitrogen and oxygen atoms in total. The number of nitrogens with zero attached hydrogens (tertiary/aromatic N) is 2. The molecule has 2 aromatic rings. The Morgan fingerprint density at radius 1 is 1.32 bits per heavy atom. The van der Waals surface area contributed by atoms with Crippen LogP contribution in [0, 0.1) is 13.8 Å². The number of sulfonamides is 1. The summed E-state index contributed by atoms with van der Waals surface area (Å²) >= 11 is 0. The summed E-state index contributed by atoms with van der Waals surface area (Å²) in [5.41, 5.74) is 7.82. The van der Waals surface area contributed by atoms with E-state index in [1.807, 2.05) is 13.8 Å². The summed E-state index contributed by atoms with van der Waals surface area (Å²) < 4.78 is 26.7. The molecule has 0 spiro atoms. The molecule has 1 aromatic carbocycles. The lowest BCUT2D eigenvalue weighted by molar-refractivity contribution is 0.579. The highest BCUT2D eigenvalue weighted by Gasteiger charge is 2.18. The molecular formula is C11H15N5O2S. The van der Waals surface area contributed by atoms with Gasteiger partial charge in [0, 0.05) is 0 Å². The Kier molecular flexibility index (Phi) is 3.54. The third-order valence-electron chi connectivity index (χ3n) is 2.81. The molecule has 0 amide bonds. The molecule has 0 saturated heterocycles.